The SMILES string of the molecule is O=C1NC(=O)/C(=C/c2cccc(OC(=O)c3ccc(Cl)c(Cl)c3)c2)S1. The Hall–Kier alpha value is -2.28. The Kier molecular flexibility index (Phi) is 5.13. The standard InChI is InChI=1S/C17H9Cl2NO4S/c18-12-5-4-10(8-13(12)19)16(22)24-11-3-1-2-9(6-11)7-14-15(21)20-17(23)25-14/h1-8H,(H,20,21,23)/b14-7-. The fraction of sp³-hybridized carbons (Fsp3) is 0. The number of thioether (sulfide) groups is 1. The third-order valence-corrected chi connectivity index (χ3v) is 4.71. The van der Waals surface area contributed by atoms with E-state index >= 15 is 0 Å². The first-order valence-corrected chi connectivity index (χ1v) is 8.52. The largest absolute Gasteiger partial charge is 0.423 e. The van der Waals surface area contributed by atoms with E-state index in [4.69, 9.17) is 27.9 Å². The zero-order valence-electron chi connectivity index (χ0n) is 12.4. The van der Waals surface area contributed by atoms with E-state index < -0.39 is 17.1 Å². The number of ether oxygens (including phenoxy) is 1. The van der Waals surface area contributed by atoms with Crippen LogP contribution in [0.2, 0.25) is 10.0 Å². The maximum Gasteiger partial charge on any atom is 0.343 e. The van der Waals surface area contributed by atoms with Crippen molar-refractivity contribution in [2.45, 2.75) is 0 Å². The Morgan fingerprint density at radius 3 is 2.56 bits per heavy atom. The van der Waals surface area contributed by atoms with Gasteiger partial charge in [0.05, 0.1) is 20.5 Å². The van der Waals surface area contributed by atoms with Gasteiger partial charge in [-0.25, -0.2) is 4.79 Å². The van der Waals surface area contributed by atoms with Crippen molar-refractivity contribution in [2.75, 3.05) is 0 Å². The number of nitrogens with one attached hydrogen (secondary N) is 1. The summed E-state index contributed by atoms with van der Waals surface area (Å²) in [6, 6.07) is 11.0. The van der Waals surface area contributed by atoms with Crippen molar-refractivity contribution in [2.24, 2.45) is 0 Å². The number of amides is 2. The van der Waals surface area contributed by atoms with Gasteiger partial charge in [0.25, 0.3) is 11.1 Å². The molecule has 25 heavy (non-hydrogen) atoms. The maximum atomic E-state index is 12.2. The molecule has 8 heteroatoms. The molecule has 1 heterocycles. The summed E-state index contributed by atoms with van der Waals surface area (Å²) in [4.78, 5) is 35.2. The molecule has 1 aliphatic rings. The van der Waals surface area contributed by atoms with Crippen molar-refractivity contribution in [1.29, 1.82) is 0 Å². The van der Waals surface area contributed by atoms with Gasteiger partial charge in [-0.1, -0.05) is 35.3 Å². The quantitative estimate of drug-likeness (QED) is 0.470. The first kappa shape index (κ1) is 17.5. The van der Waals surface area contributed by atoms with E-state index in [0.717, 1.165) is 11.8 Å². The average Bonchev–Trinajstić information content (AvgIpc) is 2.87. The number of hydrogen-bond donors (Lipinski definition) is 1. The molecule has 1 N–H and O–H groups in total. The number of carbonyl (C=O) groups excluding carboxylic acids is 3. The lowest BCUT2D eigenvalue weighted by Gasteiger charge is -2.06. The van der Waals surface area contributed by atoms with Crippen LogP contribution in [0.3, 0.4) is 0 Å². The first-order valence-electron chi connectivity index (χ1n) is 6.94. The average molecular weight is 394 g/mol. The highest BCUT2D eigenvalue weighted by molar-refractivity contribution is 8.18. The number of benzene rings is 2. The van der Waals surface area contributed by atoms with Crippen LogP contribution in [-0.2, 0) is 4.79 Å². The van der Waals surface area contributed by atoms with Crippen molar-refractivity contribution >= 4 is 58.2 Å². The molecule has 5 nitrogen and oxygen atoms in total. The third-order valence-electron chi connectivity index (χ3n) is 3.16. The molecule has 1 fully saturated rings. The molecule has 0 bridgehead atoms. The normalized spacial score (nSPS) is 15.4. The highest BCUT2D eigenvalue weighted by Crippen LogP contribution is 2.27. The molecule has 0 radical (unpaired) electrons. The zero-order valence-corrected chi connectivity index (χ0v) is 14.7. The topological polar surface area (TPSA) is 72.5 Å². The van der Waals surface area contributed by atoms with Gasteiger partial charge < -0.3 is 4.74 Å². The summed E-state index contributed by atoms with van der Waals surface area (Å²) in [5.74, 6) is -0.750. The van der Waals surface area contributed by atoms with Gasteiger partial charge in [-0.15, -0.1) is 0 Å². The minimum absolute atomic E-state index is 0.253. The second-order valence-corrected chi connectivity index (χ2v) is 6.77. The van der Waals surface area contributed by atoms with Gasteiger partial charge in [0.2, 0.25) is 0 Å². The fourth-order valence-corrected chi connectivity index (χ4v) is 3.01. The van der Waals surface area contributed by atoms with Crippen LogP contribution in [0.5, 0.6) is 5.75 Å². The molecule has 126 valence electrons. The van der Waals surface area contributed by atoms with Crippen LogP contribution in [0, 0.1) is 0 Å². The molecule has 0 aromatic heterocycles. The van der Waals surface area contributed by atoms with E-state index in [0.29, 0.717) is 16.3 Å². The summed E-state index contributed by atoms with van der Waals surface area (Å²) in [7, 11) is 0. The van der Waals surface area contributed by atoms with Crippen LogP contribution in [0.4, 0.5) is 4.79 Å². The predicted molar refractivity (Wildman–Crippen MR) is 97.0 cm³/mol. The van der Waals surface area contributed by atoms with Crippen molar-refractivity contribution in [1.82, 2.24) is 5.32 Å². The molecule has 0 atom stereocenters. The molecular formula is C17H9Cl2NO4S. The van der Waals surface area contributed by atoms with E-state index in [2.05, 4.69) is 5.32 Å². The lowest BCUT2D eigenvalue weighted by molar-refractivity contribution is -0.115. The van der Waals surface area contributed by atoms with Crippen LogP contribution in [0.1, 0.15) is 15.9 Å². The van der Waals surface area contributed by atoms with E-state index in [1.807, 2.05) is 0 Å². The van der Waals surface area contributed by atoms with E-state index in [1.165, 1.54) is 18.2 Å². The van der Waals surface area contributed by atoms with Crippen molar-refractivity contribution in [3.05, 3.63) is 68.5 Å². The predicted octanol–water partition coefficient (Wildman–Crippen LogP) is 4.54. The summed E-state index contributed by atoms with van der Waals surface area (Å²) in [6.07, 6.45) is 1.54. The number of hydrogen-bond acceptors (Lipinski definition) is 5. The molecule has 0 unspecified atom stereocenters. The lowest BCUT2D eigenvalue weighted by atomic mass is 10.2. The number of esters is 1. The van der Waals surface area contributed by atoms with E-state index in [-0.39, 0.29) is 15.5 Å². The summed E-state index contributed by atoms with van der Waals surface area (Å²) in [6.45, 7) is 0. The van der Waals surface area contributed by atoms with Gasteiger partial charge >= 0.3 is 5.97 Å². The molecule has 2 aromatic rings. The van der Waals surface area contributed by atoms with Gasteiger partial charge in [-0.2, -0.15) is 0 Å². The fourth-order valence-electron chi connectivity index (χ4n) is 2.03. The van der Waals surface area contributed by atoms with Crippen molar-refractivity contribution in [3.8, 4) is 5.75 Å². The highest BCUT2D eigenvalue weighted by Gasteiger charge is 2.24. The Morgan fingerprint density at radius 1 is 1.08 bits per heavy atom. The molecule has 3 rings (SSSR count). The minimum atomic E-state index is -0.591. The van der Waals surface area contributed by atoms with Gasteiger partial charge in [0, 0.05) is 0 Å². The summed E-state index contributed by atoms with van der Waals surface area (Å²) in [5.41, 5.74) is 0.876. The van der Waals surface area contributed by atoms with Gasteiger partial charge in [0.1, 0.15) is 5.75 Å². The monoisotopic (exact) mass is 393 g/mol. The molecule has 1 saturated heterocycles. The Bertz CT molecular complexity index is 927. The second-order valence-electron chi connectivity index (χ2n) is 4.94. The highest BCUT2D eigenvalue weighted by atomic mass is 35.5. The second kappa shape index (κ2) is 7.31. The summed E-state index contributed by atoms with van der Waals surface area (Å²) < 4.78 is 5.30. The molecule has 2 amide bonds. The van der Waals surface area contributed by atoms with Crippen LogP contribution in [-0.4, -0.2) is 17.1 Å². The van der Waals surface area contributed by atoms with Gasteiger partial charge in [-0.3, -0.25) is 14.9 Å². The Balaban J connectivity index is 1.79. The summed E-state index contributed by atoms with van der Waals surface area (Å²) >= 11 is 12.5. The molecule has 0 spiro atoms. The van der Waals surface area contributed by atoms with E-state index in [9.17, 15) is 14.4 Å². The lowest BCUT2D eigenvalue weighted by Crippen LogP contribution is -2.17. The van der Waals surface area contributed by atoms with E-state index in [1.54, 1.807) is 30.3 Å². The maximum absolute atomic E-state index is 12.2. The number of rotatable bonds is 3. The number of carbonyl (C=O) groups is 3. The molecule has 0 saturated carbocycles. The van der Waals surface area contributed by atoms with Crippen molar-refractivity contribution < 1.29 is 19.1 Å². The molecular weight excluding hydrogens is 385 g/mol. The summed E-state index contributed by atoms with van der Waals surface area (Å²) in [5, 5.41) is 2.35. The first-order chi connectivity index (χ1) is 11.9. The van der Waals surface area contributed by atoms with Crippen LogP contribution < -0.4 is 10.1 Å². The Labute approximate surface area is 156 Å². The number of halogens is 2. The van der Waals surface area contributed by atoms with Crippen LogP contribution >= 0.6 is 35.0 Å². The van der Waals surface area contributed by atoms with Crippen LogP contribution in [0.15, 0.2) is 47.4 Å². The Morgan fingerprint density at radius 2 is 1.88 bits per heavy atom. The number of imide groups is 1. The zero-order chi connectivity index (χ0) is 18.0. The molecule has 0 aliphatic carbocycles. The smallest absolute Gasteiger partial charge is 0.343 e. The van der Waals surface area contributed by atoms with Gasteiger partial charge in [-0.05, 0) is 53.7 Å². The molecule has 2 aromatic carbocycles. The molecule has 1 aliphatic heterocycles. The third kappa shape index (κ3) is 4.22. The van der Waals surface area contributed by atoms with Gasteiger partial charge in [0.15, 0.2) is 0 Å². The van der Waals surface area contributed by atoms with Crippen molar-refractivity contribution in [3.63, 3.8) is 0 Å². The van der Waals surface area contributed by atoms with Crippen LogP contribution in [0.25, 0.3) is 6.08 Å². The minimum Gasteiger partial charge on any atom is -0.423 e.